The number of carbonyl (C=O) groups excluding carboxylic acids is 2. The quantitative estimate of drug-likeness (QED) is 0.628. The molecule has 1 heterocycles. The summed E-state index contributed by atoms with van der Waals surface area (Å²) in [7, 11) is 0. The number of hydrogen-bond acceptors (Lipinski definition) is 5. The molecule has 0 bridgehead atoms. The number of rotatable bonds is 6. The molecular formula is C13H15N3O2S2. The maximum atomic E-state index is 11.6. The molecule has 2 rings (SSSR count). The molecule has 0 aliphatic heterocycles. The van der Waals surface area contributed by atoms with E-state index in [1.807, 2.05) is 24.3 Å². The van der Waals surface area contributed by atoms with Crippen molar-refractivity contribution in [2.24, 2.45) is 0 Å². The van der Waals surface area contributed by atoms with Gasteiger partial charge in [-0.1, -0.05) is 23.9 Å². The van der Waals surface area contributed by atoms with Crippen LogP contribution in [0.15, 0.2) is 28.6 Å². The van der Waals surface area contributed by atoms with Crippen molar-refractivity contribution in [3.05, 3.63) is 24.3 Å². The Morgan fingerprint density at radius 2 is 2.00 bits per heavy atom. The Kier molecular flexibility index (Phi) is 5.37. The first kappa shape index (κ1) is 14.8. The molecule has 20 heavy (non-hydrogen) atoms. The van der Waals surface area contributed by atoms with Crippen LogP contribution in [0, 0.1) is 0 Å². The average Bonchev–Trinajstić information content (AvgIpc) is 2.84. The Morgan fingerprint density at radius 1 is 1.25 bits per heavy atom. The predicted octanol–water partition coefficient (Wildman–Crippen LogP) is 1.64. The molecule has 1 aromatic heterocycles. The topological polar surface area (TPSA) is 71.1 Å². The monoisotopic (exact) mass is 309 g/mol. The maximum Gasteiger partial charge on any atom is 0.230 e. The summed E-state index contributed by atoms with van der Waals surface area (Å²) in [5.41, 5.74) is 0.964. The fraction of sp³-hybridized carbons (Fsp3) is 0.308. The molecule has 0 radical (unpaired) electrons. The number of hydrogen-bond donors (Lipinski definition) is 2. The molecule has 0 spiro atoms. The molecule has 2 N–H and O–H groups in total. The van der Waals surface area contributed by atoms with E-state index < -0.39 is 0 Å². The average molecular weight is 309 g/mol. The summed E-state index contributed by atoms with van der Waals surface area (Å²) in [5.74, 6) is 0.183. The van der Waals surface area contributed by atoms with Gasteiger partial charge < -0.3 is 10.6 Å². The summed E-state index contributed by atoms with van der Waals surface area (Å²) in [6.07, 6.45) is 0. The zero-order chi connectivity index (χ0) is 14.4. The van der Waals surface area contributed by atoms with Gasteiger partial charge in [-0.15, -0.1) is 11.3 Å². The van der Waals surface area contributed by atoms with Gasteiger partial charge in [0.15, 0.2) is 4.34 Å². The van der Waals surface area contributed by atoms with Crippen LogP contribution >= 0.6 is 23.1 Å². The number of fused-ring (bicyclic) bond motifs is 1. The second kappa shape index (κ2) is 7.25. The first-order valence-corrected chi connectivity index (χ1v) is 7.95. The lowest BCUT2D eigenvalue weighted by Crippen LogP contribution is -2.34. The molecule has 5 nitrogen and oxygen atoms in total. The maximum absolute atomic E-state index is 11.6. The van der Waals surface area contributed by atoms with E-state index >= 15 is 0 Å². The zero-order valence-electron chi connectivity index (χ0n) is 11.0. The van der Waals surface area contributed by atoms with Gasteiger partial charge in [-0.25, -0.2) is 4.98 Å². The number of benzene rings is 1. The van der Waals surface area contributed by atoms with Crippen molar-refractivity contribution in [1.29, 1.82) is 0 Å². The Hall–Kier alpha value is -1.60. The summed E-state index contributed by atoms with van der Waals surface area (Å²) in [5, 5.41) is 5.37. The zero-order valence-corrected chi connectivity index (χ0v) is 12.6. The molecule has 0 atom stereocenters. The molecule has 0 aliphatic carbocycles. The van der Waals surface area contributed by atoms with E-state index in [4.69, 9.17) is 0 Å². The van der Waals surface area contributed by atoms with Crippen LogP contribution in [0.1, 0.15) is 6.92 Å². The normalized spacial score (nSPS) is 10.4. The highest BCUT2D eigenvalue weighted by atomic mass is 32.2. The first-order chi connectivity index (χ1) is 9.65. The predicted molar refractivity (Wildman–Crippen MR) is 82.0 cm³/mol. The van der Waals surface area contributed by atoms with Crippen LogP contribution in [-0.2, 0) is 9.59 Å². The van der Waals surface area contributed by atoms with E-state index in [9.17, 15) is 9.59 Å². The van der Waals surface area contributed by atoms with E-state index in [-0.39, 0.29) is 11.8 Å². The molecule has 7 heteroatoms. The van der Waals surface area contributed by atoms with E-state index in [2.05, 4.69) is 15.6 Å². The minimum absolute atomic E-state index is 0.0559. The molecule has 1 aromatic carbocycles. The van der Waals surface area contributed by atoms with Crippen molar-refractivity contribution in [3.63, 3.8) is 0 Å². The summed E-state index contributed by atoms with van der Waals surface area (Å²) in [4.78, 5) is 26.7. The van der Waals surface area contributed by atoms with Gasteiger partial charge in [0, 0.05) is 20.0 Å². The number of para-hydroxylation sites is 1. The Labute approximate surface area is 125 Å². The van der Waals surface area contributed by atoms with Crippen LogP contribution in [-0.4, -0.2) is 35.6 Å². The minimum atomic E-state index is -0.0944. The third kappa shape index (κ3) is 4.50. The van der Waals surface area contributed by atoms with Crippen molar-refractivity contribution < 1.29 is 9.59 Å². The van der Waals surface area contributed by atoms with E-state index in [0.29, 0.717) is 18.8 Å². The SMILES string of the molecule is CC(=O)NCCNC(=O)CSc1nc2ccccc2s1. The molecule has 0 saturated carbocycles. The molecule has 0 fully saturated rings. The third-order valence-electron chi connectivity index (χ3n) is 2.42. The highest BCUT2D eigenvalue weighted by Gasteiger charge is 2.07. The van der Waals surface area contributed by atoms with Gasteiger partial charge in [0.05, 0.1) is 16.0 Å². The number of nitrogens with zero attached hydrogens (tertiary/aromatic N) is 1. The van der Waals surface area contributed by atoms with E-state index in [0.717, 1.165) is 14.6 Å². The highest BCUT2D eigenvalue weighted by Crippen LogP contribution is 2.28. The first-order valence-electron chi connectivity index (χ1n) is 6.14. The van der Waals surface area contributed by atoms with Crippen molar-refractivity contribution >= 4 is 45.1 Å². The summed E-state index contributed by atoms with van der Waals surface area (Å²) >= 11 is 3.01. The highest BCUT2D eigenvalue weighted by molar-refractivity contribution is 8.01. The van der Waals surface area contributed by atoms with Crippen LogP contribution in [0.2, 0.25) is 0 Å². The van der Waals surface area contributed by atoms with Gasteiger partial charge in [-0.05, 0) is 12.1 Å². The lowest BCUT2D eigenvalue weighted by molar-refractivity contribution is -0.120. The largest absolute Gasteiger partial charge is 0.355 e. The van der Waals surface area contributed by atoms with Gasteiger partial charge in [0.1, 0.15) is 0 Å². The Balaban J connectivity index is 1.74. The molecule has 2 aromatic rings. The van der Waals surface area contributed by atoms with E-state index in [1.54, 1.807) is 11.3 Å². The second-order valence-electron chi connectivity index (χ2n) is 4.07. The fourth-order valence-corrected chi connectivity index (χ4v) is 3.43. The van der Waals surface area contributed by atoms with Crippen molar-refractivity contribution in [2.45, 2.75) is 11.3 Å². The number of thioether (sulfide) groups is 1. The number of nitrogens with one attached hydrogen (secondary N) is 2. The van der Waals surface area contributed by atoms with Gasteiger partial charge in [-0.2, -0.15) is 0 Å². The molecule has 2 amide bonds. The van der Waals surface area contributed by atoms with Crippen LogP contribution in [0.3, 0.4) is 0 Å². The van der Waals surface area contributed by atoms with Gasteiger partial charge >= 0.3 is 0 Å². The molecular weight excluding hydrogens is 294 g/mol. The number of carbonyl (C=O) groups is 2. The number of aromatic nitrogens is 1. The van der Waals surface area contributed by atoms with Crippen LogP contribution in [0.25, 0.3) is 10.2 Å². The van der Waals surface area contributed by atoms with Crippen LogP contribution in [0.4, 0.5) is 0 Å². The number of amides is 2. The molecule has 106 valence electrons. The Bertz CT molecular complexity index is 579. The smallest absolute Gasteiger partial charge is 0.230 e. The number of thiazole rings is 1. The lowest BCUT2D eigenvalue weighted by Gasteiger charge is -2.04. The van der Waals surface area contributed by atoms with Crippen molar-refractivity contribution in [3.8, 4) is 0 Å². The van der Waals surface area contributed by atoms with Crippen LogP contribution in [0.5, 0.6) is 0 Å². The Morgan fingerprint density at radius 3 is 2.75 bits per heavy atom. The standard InChI is InChI=1S/C13H15N3O2S2/c1-9(17)14-6-7-15-12(18)8-19-13-16-10-4-2-3-5-11(10)20-13/h2-5H,6-8H2,1H3,(H,14,17)(H,15,18). The lowest BCUT2D eigenvalue weighted by atomic mass is 10.3. The van der Waals surface area contributed by atoms with Gasteiger partial charge in [0.25, 0.3) is 0 Å². The minimum Gasteiger partial charge on any atom is -0.355 e. The van der Waals surface area contributed by atoms with E-state index in [1.165, 1.54) is 18.7 Å². The summed E-state index contributed by atoms with van der Waals surface area (Å²) in [6, 6.07) is 7.91. The van der Waals surface area contributed by atoms with Crippen molar-refractivity contribution in [1.82, 2.24) is 15.6 Å². The van der Waals surface area contributed by atoms with Crippen LogP contribution < -0.4 is 10.6 Å². The molecule has 0 saturated heterocycles. The summed E-state index contributed by atoms with van der Waals surface area (Å²) in [6.45, 7) is 2.34. The van der Waals surface area contributed by atoms with Gasteiger partial charge in [-0.3, -0.25) is 9.59 Å². The van der Waals surface area contributed by atoms with Crippen molar-refractivity contribution in [2.75, 3.05) is 18.8 Å². The molecule has 0 unspecified atom stereocenters. The molecule has 0 aliphatic rings. The fourth-order valence-electron chi connectivity index (χ4n) is 1.53. The summed E-state index contributed by atoms with van der Waals surface area (Å²) < 4.78 is 2.02. The van der Waals surface area contributed by atoms with Gasteiger partial charge in [0.2, 0.25) is 11.8 Å². The third-order valence-corrected chi connectivity index (χ3v) is 4.60. The second-order valence-corrected chi connectivity index (χ2v) is 6.32.